The summed E-state index contributed by atoms with van der Waals surface area (Å²) in [5, 5.41) is 0. The second-order valence-electron chi connectivity index (χ2n) is 5.18. The monoisotopic (exact) mass is 279 g/mol. The molecule has 0 amide bonds. The number of rotatable bonds is 3. The first-order valence-corrected chi connectivity index (χ1v) is 6.90. The Hall–Kier alpha value is -2.46. The van der Waals surface area contributed by atoms with E-state index in [1.165, 1.54) is 0 Å². The number of aromatic nitrogens is 1. The first kappa shape index (κ1) is 13.5. The molecule has 21 heavy (non-hydrogen) atoms. The Morgan fingerprint density at radius 1 is 1.10 bits per heavy atom. The van der Waals surface area contributed by atoms with Crippen molar-refractivity contribution >= 4 is 11.5 Å². The normalized spacial score (nSPS) is 15.7. The van der Waals surface area contributed by atoms with Crippen molar-refractivity contribution in [2.24, 2.45) is 0 Å². The lowest BCUT2D eigenvalue weighted by atomic mass is 10.0. The van der Waals surface area contributed by atoms with Crippen molar-refractivity contribution in [3.63, 3.8) is 0 Å². The minimum absolute atomic E-state index is 0.0601. The summed E-state index contributed by atoms with van der Waals surface area (Å²) in [4.78, 5) is 20.8. The Morgan fingerprint density at radius 3 is 2.52 bits per heavy atom. The number of hydrogen-bond acceptors (Lipinski definition) is 4. The van der Waals surface area contributed by atoms with Crippen LogP contribution in [-0.4, -0.2) is 35.9 Å². The molecule has 2 aromatic rings. The molecule has 0 bridgehead atoms. The van der Waals surface area contributed by atoms with Gasteiger partial charge in [0.2, 0.25) is 0 Å². The quantitative estimate of drug-likeness (QED) is 0.809. The molecule has 4 heteroatoms. The van der Waals surface area contributed by atoms with Crippen molar-refractivity contribution in [3.05, 3.63) is 72.2 Å². The predicted molar refractivity (Wildman–Crippen MR) is 83.1 cm³/mol. The molecule has 0 fully saturated rings. The van der Waals surface area contributed by atoms with Crippen LogP contribution in [0, 0.1) is 0 Å². The molecule has 0 spiro atoms. The lowest BCUT2D eigenvalue weighted by molar-refractivity contribution is 0.102. The molecule has 1 aromatic carbocycles. The fourth-order valence-electron chi connectivity index (χ4n) is 2.47. The summed E-state index contributed by atoms with van der Waals surface area (Å²) in [5.74, 6) is 0.0601. The number of hydrogen-bond donors (Lipinski definition) is 0. The van der Waals surface area contributed by atoms with Crippen molar-refractivity contribution in [1.29, 1.82) is 0 Å². The number of benzene rings is 1. The zero-order chi connectivity index (χ0) is 14.7. The van der Waals surface area contributed by atoms with Crippen molar-refractivity contribution in [3.8, 4) is 0 Å². The fraction of sp³-hybridized carbons (Fsp3) is 0.176. The van der Waals surface area contributed by atoms with Crippen LogP contribution < -0.4 is 4.90 Å². The summed E-state index contributed by atoms with van der Waals surface area (Å²) < 4.78 is 0. The standard InChI is InChI=1S/C17H17N3O/c1-19-11-15(17(21)14-7-9-18-10-8-14)12-20(13-19)16-5-3-2-4-6-16/h2-10,12H,11,13H2,1H3. The Kier molecular flexibility index (Phi) is 3.79. The summed E-state index contributed by atoms with van der Waals surface area (Å²) >= 11 is 0. The SMILES string of the molecule is CN1CC(C(=O)c2ccncc2)=CN(c2ccccc2)C1. The van der Waals surface area contributed by atoms with Crippen LogP contribution in [0.5, 0.6) is 0 Å². The van der Waals surface area contributed by atoms with E-state index < -0.39 is 0 Å². The smallest absolute Gasteiger partial charge is 0.191 e. The van der Waals surface area contributed by atoms with Crippen LogP contribution in [0.4, 0.5) is 5.69 Å². The van der Waals surface area contributed by atoms with Crippen LogP contribution in [0.2, 0.25) is 0 Å². The Bertz CT molecular complexity index is 652. The Morgan fingerprint density at radius 2 is 1.81 bits per heavy atom. The van der Waals surface area contributed by atoms with Gasteiger partial charge >= 0.3 is 0 Å². The van der Waals surface area contributed by atoms with Gasteiger partial charge in [0.15, 0.2) is 5.78 Å². The maximum atomic E-state index is 12.6. The highest BCUT2D eigenvalue weighted by molar-refractivity contribution is 6.09. The van der Waals surface area contributed by atoms with Crippen LogP contribution in [0.15, 0.2) is 66.6 Å². The largest absolute Gasteiger partial charge is 0.334 e. The molecule has 0 unspecified atom stereocenters. The highest BCUT2D eigenvalue weighted by atomic mass is 16.1. The number of pyridine rings is 1. The number of likely N-dealkylation sites (N-methyl/N-ethyl adjacent to an activating group) is 1. The highest BCUT2D eigenvalue weighted by Crippen LogP contribution is 2.21. The summed E-state index contributed by atoms with van der Waals surface area (Å²) in [6.45, 7) is 1.43. The number of anilines is 1. The van der Waals surface area contributed by atoms with E-state index in [1.54, 1.807) is 24.5 Å². The molecule has 0 atom stereocenters. The van der Waals surface area contributed by atoms with Gasteiger partial charge in [-0.25, -0.2) is 0 Å². The van der Waals surface area contributed by atoms with E-state index in [2.05, 4.69) is 14.8 Å². The highest BCUT2D eigenvalue weighted by Gasteiger charge is 2.21. The third kappa shape index (κ3) is 3.01. The average Bonchev–Trinajstić information content (AvgIpc) is 2.55. The van der Waals surface area contributed by atoms with E-state index in [1.807, 2.05) is 43.6 Å². The van der Waals surface area contributed by atoms with Crippen molar-refractivity contribution in [2.75, 3.05) is 25.2 Å². The lowest BCUT2D eigenvalue weighted by Crippen LogP contribution is -2.39. The zero-order valence-corrected chi connectivity index (χ0v) is 11.9. The van der Waals surface area contributed by atoms with Gasteiger partial charge in [0.05, 0.1) is 6.67 Å². The van der Waals surface area contributed by atoms with Crippen LogP contribution >= 0.6 is 0 Å². The van der Waals surface area contributed by atoms with E-state index >= 15 is 0 Å². The molecule has 1 aromatic heterocycles. The van der Waals surface area contributed by atoms with Gasteiger partial charge < -0.3 is 4.90 Å². The molecule has 0 aliphatic carbocycles. The van der Waals surface area contributed by atoms with Gasteiger partial charge in [-0.15, -0.1) is 0 Å². The van der Waals surface area contributed by atoms with E-state index in [9.17, 15) is 4.79 Å². The Balaban J connectivity index is 1.91. The van der Waals surface area contributed by atoms with E-state index in [0.717, 1.165) is 17.9 Å². The molecule has 0 saturated heterocycles. The van der Waals surface area contributed by atoms with Gasteiger partial charge in [0.1, 0.15) is 0 Å². The maximum absolute atomic E-state index is 12.6. The molecule has 2 heterocycles. The zero-order valence-electron chi connectivity index (χ0n) is 11.9. The van der Waals surface area contributed by atoms with Gasteiger partial charge in [-0.05, 0) is 31.3 Å². The summed E-state index contributed by atoms with van der Waals surface area (Å²) in [7, 11) is 2.02. The maximum Gasteiger partial charge on any atom is 0.191 e. The lowest BCUT2D eigenvalue weighted by Gasteiger charge is -2.32. The summed E-state index contributed by atoms with van der Waals surface area (Å²) in [6.07, 6.45) is 5.25. The van der Waals surface area contributed by atoms with Gasteiger partial charge in [-0.3, -0.25) is 14.7 Å². The van der Waals surface area contributed by atoms with Crippen molar-refractivity contribution < 1.29 is 4.79 Å². The van der Waals surface area contributed by atoms with Gasteiger partial charge in [-0.2, -0.15) is 0 Å². The molecule has 0 N–H and O–H groups in total. The van der Waals surface area contributed by atoms with Crippen molar-refractivity contribution in [2.45, 2.75) is 0 Å². The molecular weight excluding hydrogens is 262 g/mol. The third-order valence-electron chi connectivity index (χ3n) is 3.47. The number of para-hydroxylation sites is 1. The fourth-order valence-corrected chi connectivity index (χ4v) is 2.47. The second-order valence-corrected chi connectivity index (χ2v) is 5.18. The molecular formula is C17H17N3O. The van der Waals surface area contributed by atoms with Gasteiger partial charge in [0, 0.05) is 42.0 Å². The number of carbonyl (C=O) groups is 1. The third-order valence-corrected chi connectivity index (χ3v) is 3.47. The van der Waals surface area contributed by atoms with Crippen LogP contribution in [0.3, 0.4) is 0 Å². The molecule has 1 aliphatic rings. The Labute approximate surface area is 124 Å². The minimum Gasteiger partial charge on any atom is -0.334 e. The molecule has 1 aliphatic heterocycles. The topological polar surface area (TPSA) is 36.4 Å². The number of carbonyl (C=O) groups excluding carboxylic acids is 1. The van der Waals surface area contributed by atoms with Gasteiger partial charge in [0.25, 0.3) is 0 Å². The second kappa shape index (κ2) is 5.89. The van der Waals surface area contributed by atoms with Crippen LogP contribution in [-0.2, 0) is 0 Å². The molecule has 106 valence electrons. The summed E-state index contributed by atoms with van der Waals surface area (Å²) in [6, 6.07) is 13.6. The average molecular weight is 279 g/mol. The molecule has 3 rings (SSSR count). The molecule has 4 nitrogen and oxygen atoms in total. The number of Topliss-reactive ketones (excluding diaryl/α,β-unsaturated/α-hetero) is 1. The van der Waals surface area contributed by atoms with E-state index in [0.29, 0.717) is 12.1 Å². The molecule has 0 radical (unpaired) electrons. The van der Waals surface area contributed by atoms with E-state index in [-0.39, 0.29) is 5.78 Å². The van der Waals surface area contributed by atoms with Gasteiger partial charge in [-0.1, -0.05) is 18.2 Å². The molecule has 0 saturated carbocycles. The van der Waals surface area contributed by atoms with Crippen LogP contribution in [0.1, 0.15) is 10.4 Å². The van der Waals surface area contributed by atoms with Crippen molar-refractivity contribution in [1.82, 2.24) is 9.88 Å². The summed E-state index contributed by atoms with van der Waals surface area (Å²) in [5.41, 5.74) is 2.56. The number of ketones is 1. The van der Waals surface area contributed by atoms with E-state index in [4.69, 9.17) is 0 Å². The first-order chi connectivity index (χ1) is 10.2. The number of nitrogens with zero attached hydrogens (tertiary/aromatic N) is 3. The van der Waals surface area contributed by atoms with Crippen LogP contribution in [0.25, 0.3) is 0 Å². The minimum atomic E-state index is 0.0601. The predicted octanol–water partition coefficient (Wildman–Crippen LogP) is 2.56. The first-order valence-electron chi connectivity index (χ1n) is 6.90.